The van der Waals surface area contributed by atoms with Gasteiger partial charge in [0.05, 0.1) is 0 Å². The Balaban J connectivity index is 2.95. The summed E-state index contributed by atoms with van der Waals surface area (Å²) in [5, 5.41) is 0. The Labute approximate surface area is 58.4 Å². The van der Waals surface area contributed by atoms with E-state index in [4.69, 9.17) is 4.74 Å². The minimum atomic E-state index is 0.745. The van der Waals surface area contributed by atoms with Crippen molar-refractivity contribution < 1.29 is 4.74 Å². The Kier molecular flexibility index (Phi) is 6.06. The zero-order valence-corrected chi connectivity index (χ0v) is 6.81. The highest BCUT2D eigenvalue weighted by Crippen LogP contribution is 2.06. The minimum absolute atomic E-state index is 0.745. The summed E-state index contributed by atoms with van der Waals surface area (Å²) < 4.78 is 5.00. The summed E-state index contributed by atoms with van der Waals surface area (Å²) in [6, 6.07) is 0. The lowest BCUT2D eigenvalue weighted by molar-refractivity contribution is 0.154. The van der Waals surface area contributed by atoms with Gasteiger partial charge in [-0.15, -0.1) is 0 Å². The molecule has 1 atom stereocenters. The SMILES string of the molecule is CCCCC(C)COC. The molecule has 0 radical (unpaired) electrons. The van der Waals surface area contributed by atoms with Gasteiger partial charge in [-0.3, -0.25) is 0 Å². The van der Waals surface area contributed by atoms with E-state index in [-0.39, 0.29) is 0 Å². The maximum atomic E-state index is 5.00. The van der Waals surface area contributed by atoms with E-state index in [1.807, 2.05) is 0 Å². The fourth-order valence-electron chi connectivity index (χ4n) is 0.920. The first-order valence-electron chi connectivity index (χ1n) is 3.80. The van der Waals surface area contributed by atoms with Gasteiger partial charge in [0.2, 0.25) is 0 Å². The third kappa shape index (κ3) is 5.84. The number of methoxy groups -OCH3 is 1. The van der Waals surface area contributed by atoms with Crippen molar-refractivity contribution in [3.8, 4) is 0 Å². The largest absolute Gasteiger partial charge is 0.384 e. The van der Waals surface area contributed by atoms with Crippen molar-refractivity contribution in [3.05, 3.63) is 0 Å². The van der Waals surface area contributed by atoms with Crippen LogP contribution in [-0.2, 0) is 4.74 Å². The maximum Gasteiger partial charge on any atom is 0.0487 e. The van der Waals surface area contributed by atoms with Crippen LogP contribution < -0.4 is 0 Å². The fraction of sp³-hybridized carbons (Fsp3) is 1.00. The molecule has 1 unspecified atom stereocenters. The van der Waals surface area contributed by atoms with Crippen molar-refractivity contribution in [2.75, 3.05) is 13.7 Å². The van der Waals surface area contributed by atoms with Crippen LogP contribution in [0.2, 0.25) is 0 Å². The highest BCUT2D eigenvalue weighted by molar-refractivity contribution is 4.49. The van der Waals surface area contributed by atoms with Gasteiger partial charge in [-0.1, -0.05) is 26.7 Å². The van der Waals surface area contributed by atoms with Gasteiger partial charge in [0, 0.05) is 13.7 Å². The summed E-state index contributed by atoms with van der Waals surface area (Å²) in [4.78, 5) is 0. The van der Waals surface area contributed by atoms with Gasteiger partial charge in [0.1, 0.15) is 0 Å². The fourth-order valence-corrected chi connectivity index (χ4v) is 0.920. The van der Waals surface area contributed by atoms with Crippen molar-refractivity contribution in [1.29, 1.82) is 0 Å². The molecule has 0 amide bonds. The summed E-state index contributed by atoms with van der Waals surface area (Å²) in [6.07, 6.45) is 3.95. The molecule has 0 aliphatic carbocycles. The first-order chi connectivity index (χ1) is 4.31. The van der Waals surface area contributed by atoms with E-state index >= 15 is 0 Å². The Hall–Kier alpha value is -0.0400. The molecule has 0 heterocycles. The van der Waals surface area contributed by atoms with Crippen LogP contribution in [-0.4, -0.2) is 13.7 Å². The van der Waals surface area contributed by atoms with Crippen LogP contribution in [0.1, 0.15) is 33.1 Å². The average Bonchev–Trinajstić information content (AvgIpc) is 1.85. The van der Waals surface area contributed by atoms with Crippen LogP contribution in [0.4, 0.5) is 0 Å². The number of hydrogen-bond acceptors (Lipinski definition) is 1. The Bertz CT molecular complexity index is 52.5. The molecule has 0 aliphatic rings. The maximum absolute atomic E-state index is 5.00. The third-order valence-corrected chi connectivity index (χ3v) is 1.50. The summed E-state index contributed by atoms with van der Waals surface area (Å²) in [6.45, 7) is 5.37. The van der Waals surface area contributed by atoms with Crippen molar-refractivity contribution in [1.82, 2.24) is 0 Å². The number of hydrogen-bond donors (Lipinski definition) is 0. The average molecular weight is 130 g/mol. The van der Waals surface area contributed by atoms with Gasteiger partial charge in [0.15, 0.2) is 0 Å². The van der Waals surface area contributed by atoms with Crippen LogP contribution in [0.5, 0.6) is 0 Å². The molecular weight excluding hydrogens is 112 g/mol. The molecule has 0 saturated carbocycles. The Morgan fingerprint density at radius 1 is 1.44 bits per heavy atom. The van der Waals surface area contributed by atoms with Crippen LogP contribution in [0, 0.1) is 5.92 Å². The highest BCUT2D eigenvalue weighted by Gasteiger charge is 1.98. The topological polar surface area (TPSA) is 9.23 Å². The van der Waals surface area contributed by atoms with E-state index in [1.165, 1.54) is 19.3 Å². The van der Waals surface area contributed by atoms with Gasteiger partial charge in [-0.25, -0.2) is 0 Å². The Morgan fingerprint density at radius 2 is 2.11 bits per heavy atom. The monoisotopic (exact) mass is 130 g/mol. The van der Waals surface area contributed by atoms with E-state index < -0.39 is 0 Å². The molecule has 0 rings (SSSR count). The molecule has 0 N–H and O–H groups in total. The second kappa shape index (κ2) is 6.09. The summed E-state index contributed by atoms with van der Waals surface area (Å²) in [7, 11) is 1.77. The molecule has 0 saturated heterocycles. The van der Waals surface area contributed by atoms with Crippen molar-refractivity contribution in [3.63, 3.8) is 0 Å². The molecule has 0 aliphatic heterocycles. The molecule has 1 nitrogen and oxygen atoms in total. The molecule has 0 bridgehead atoms. The second-order valence-corrected chi connectivity index (χ2v) is 2.70. The van der Waals surface area contributed by atoms with E-state index in [1.54, 1.807) is 7.11 Å². The number of ether oxygens (including phenoxy) is 1. The van der Waals surface area contributed by atoms with Gasteiger partial charge >= 0.3 is 0 Å². The van der Waals surface area contributed by atoms with Crippen molar-refractivity contribution >= 4 is 0 Å². The van der Waals surface area contributed by atoms with Gasteiger partial charge in [0.25, 0.3) is 0 Å². The van der Waals surface area contributed by atoms with E-state index in [9.17, 15) is 0 Å². The van der Waals surface area contributed by atoms with Crippen LogP contribution in [0.3, 0.4) is 0 Å². The molecule has 9 heavy (non-hydrogen) atoms. The zero-order valence-electron chi connectivity index (χ0n) is 6.81. The first-order valence-corrected chi connectivity index (χ1v) is 3.80. The first kappa shape index (κ1) is 8.96. The lowest BCUT2D eigenvalue weighted by Crippen LogP contribution is -2.02. The summed E-state index contributed by atoms with van der Waals surface area (Å²) >= 11 is 0. The smallest absolute Gasteiger partial charge is 0.0487 e. The highest BCUT2D eigenvalue weighted by atomic mass is 16.5. The lowest BCUT2D eigenvalue weighted by Gasteiger charge is -2.07. The molecule has 0 aromatic heterocycles. The molecular formula is C8H18O. The number of rotatable bonds is 5. The van der Waals surface area contributed by atoms with Gasteiger partial charge in [-0.2, -0.15) is 0 Å². The summed E-state index contributed by atoms with van der Waals surface area (Å²) in [5.74, 6) is 0.745. The van der Waals surface area contributed by atoms with Crippen LogP contribution in [0.15, 0.2) is 0 Å². The molecule has 1 heteroatoms. The molecule has 0 fully saturated rings. The van der Waals surface area contributed by atoms with E-state index in [0.29, 0.717) is 0 Å². The predicted molar refractivity (Wildman–Crippen MR) is 40.6 cm³/mol. The van der Waals surface area contributed by atoms with Crippen LogP contribution >= 0.6 is 0 Å². The van der Waals surface area contributed by atoms with Crippen LogP contribution in [0.25, 0.3) is 0 Å². The van der Waals surface area contributed by atoms with E-state index in [0.717, 1.165) is 12.5 Å². The van der Waals surface area contributed by atoms with Gasteiger partial charge < -0.3 is 4.74 Å². The second-order valence-electron chi connectivity index (χ2n) is 2.70. The Morgan fingerprint density at radius 3 is 2.56 bits per heavy atom. The summed E-state index contributed by atoms with van der Waals surface area (Å²) in [5.41, 5.74) is 0. The van der Waals surface area contributed by atoms with Crippen molar-refractivity contribution in [2.24, 2.45) is 5.92 Å². The standard InChI is InChI=1S/C8H18O/c1-4-5-6-8(2)7-9-3/h8H,4-7H2,1-3H3. The normalized spacial score (nSPS) is 13.7. The third-order valence-electron chi connectivity index (χ3n) is 1.50. The molecule has 0 spiro atoms. The van der Waals surface area contributed by atoms with Gasteiger partial charge in [-0.05, 0) is 12.3 Å². The predicted octanol–water partition coefficient (Wildman–Crippen LogP) is 2.46. The molecule has 0 aromatic carbocycles. The van der Waals surface area contributed by atoms with Crippen molar-refractivity contribution in [2.45, 2.75) is 33.1 Å². The molecule has 56 valence electrons. The quantitative estimate of drug-likeness (QED) is 0.555. The lowest BCUT2D eigenvalue weighted by atomic mass is 10.1. The molecule has 0 aromatic rings. The van der Waals surface area contributed by atoms with E-state index in [2.05, 4.69) is 13.8 Å². The zero-order chi connectivity index (χ0) is 7.11. The number of unbranched alkanes of at least 4 members (excludes halogenated alkanes) is 1. The minimum Gasteiger partial charge on any atom is -0.384 e.